The number of benzene rings is 2. The molecule has 2 aliphatic heterocycles. The van der Waals surface area contributed by atoms with Crippen molar-refractivity contribution >= 4 is 11.8 Å². The predicted molar refractivity (Wildman–Crippen MR) is 112 cm³/mol. The van der Waals surface area contributed by atoms with Gasteiger partial charge in [-0.15, -0.1) is 0 Å². The third-order valence-corrected chi connectivity index (χ3v) is 6.11. The van der Waals surface area contributed by atoms with Crippen molar-refractivity contribution in [3.05, 3.63) is 66.0 Å². The molecule has 2 fully saturated rings. The van der Waals surface area contributed by atoms with Crippen molar-refractivity contribution in [2.75, 3.05) is 26.2 Å². The van der Waals surface area contributed by atoms with Crippen LogP contribution in [0.4, 0.5) is 4.39 Å². The smallest absolute Gasteiger partial charge is 0.257 e. The molecule has 2 aromatic carbocycles. The number of fused-ring (bicyclic) bond motifs is 1. The number of piperidine rings is 2. The van der Waals surface area contributed by atoms with E-state index in [9.17, 15) is 14.0 Å². The van der Waals surface area contributed by atoms with E-state index in [-0.39, 0.29) is 29.3 Å². The first kappa shape index (κ1) is 20.4. The van der Waals surface area contributed by atoms with Crippen LogP contribution < -0.4 is 4.74 Å². The molecule has 0 unspecified atom stereocenters. The number of hydrogen-bond donors (Lipinski definition) is 0. The number of para-hydroxylation sites is 1. The number of carbonyl (C=O) groups excluding carboxylic acids is 2. The number of likely N-dealkylation sites (tertiary alicyclic amines) is 2. The molecule has 4 rings (SSSR count). The minimum Gasteiger partial charge on any atom is -0.493 e. The fourth-order valence-corrected chi connectivity index (χ4v) is 4.60. The van der Waals surface area contributed by atoms with E-state index in [4.69, 9.17) is 4.74 Å². The molecule has 0 aliphatic carbocycles. The summed E-state index contributed by atoms with van der Waals surface area (Å²) in [6.07, 6.45) is 2.93. The van der Waals surface area contributed by atoms with E-state index in [1.54, 1.807) is 18.2 Å². The minimum absolute atomic E-state index is 0.0653. The molecule has 2 amide bonds. The molecule has 2 saturated heterocycles. The molecule has 0 bridgehead atoms. The van der Waals surface area contributed by atoms with E-state index in [1.165, 1.54) is 6.07 Å². The van der Waals surface area contributed by atoms with Crippen molar-refractivity contribution < 1.29 is 18.7 Å². The Kier molecular flexibility index (Phi) is 6.31. The van der Waals surface area contributed by atoms with Crippen LogP contribution in [-0.4, -0.2) is 53.9 Å². The van der Waals surface area contributed by atoms with E-state index >= 15 is 0 Å². The Balaban J connectivity index is 1.33. The van der Waals surface area contributed by atoms with Crippen LogP contribution in [0.3, 0.4) is 0 Å². The topological polar surface area (TPSA) is 49.9 Å². The maximum absolute atomic E-state index is 14.1. The standard InChI is InChI=1S/C24H27FN2O3/c25-21-11-5-4-10-20(21)24(29)27-14-6-7-18-17-26(15-12-22(18)27)23(28)13-16-30-19-8-2-1-3-9-19/h1-5,8-11,18,22H,6-7,12-17H2/t18-,22+/m1/s1. The molecular formula is C24H27FN2O3. The highest BCUT2D eigenvalue weighted by Crippen LogP contribution is 2.32. The number of nitrogens with zero attached hydrogens (tertiary/aromatic N) is 2. The summed E-state index contributed by atoms with van der Waals surface area (Å²) in [5.41, 5.74) is 0.134. The SMILES string of the molecule is O=C(CCOc1ccccc1)N1CC[C@H]2[C@H](CCCN2C(=O)c2ccccc2F)C1. The highest BCUT2D eigenvalue weighted by atomic mass is 19.1. The Morgan fingerprint density at radius 1 is 1.00 bits per heavy atom. The monoisotopic (exact) mass is 410 g/mol. The van der Waals surface area contributed by atoms with E-state index in [2.05, 4.69) is 0 Å². The average Bonchev–Trinajstić information content (AvgIpc) is 2.79. The van der Waals surface area contributed by atoms with Crippen LogP contribution in [0.5, 0.6) is 5.75 Å². The van der Waals surface area contributed by atoms with Gasteiger partial charge in [0.15, 0.2) is 0 Å². The molecule has 0 radical (unpaired) electrons. The summed E-state index contributed by atoms with van der Waals surface area (Å²) in [7, 11) is 0. The van der Waals surface area contributed by atoms with Gasteiger partial charge in [0.2, 0.25) is 5.91 Å². The van der Waals surface area contributed by atoms with Crippen molar-refractivity contribution in [3.8, 4) is 5.75 Å². The molecule has 5 nitrogen and oxygen atoms in total. The van der Waals surface area contributed by atoms with E-state index < -0.39 is 5.82 Å². The van der Waals surface area contributed by atoms with E-state index in [0.717, 1.165) is 25.0 Å². The Morgan fingerprint density at radius 2 is 1.77 bits per heavy atom. The second-order valence-corrected chi connectivity index (χ2v) is 7.99. The molecule has 2 atom stereocenters. The lowest BCUT2D eigenvalue weighted by Crippen LogP contribution is -2.56. The maximum atomic E-state index is 14.1. The van der Waals surface area contributed by atoms with E-state index in [1.807, 2.05) is 40.1 Å². The highest BCUT2D eigenvalue weighted by Gasteiger charge is 2.39. The van der Waals surface area contributed by atoms with Crippen molar-refractivity contribution in [1.29, 1.82) is 0 Å². The lowest BCUT2D eigenvalue weighted by molar-refractivity contribution is -0.135. The van der Waals surface area contributed by atoms with Gasteiger partial charge in [0.05, 0.1) is 18.6 Å². The molecule has 0 spiro atoms. The normalized spacial score (nSPS) is 21.1. The Labute approximate surface area is 176 Å². The van der Waals surface area contributed by atoms with Crippen LogP contribution in [0, 0.1) is 11.7 Å². The molecular weight excluding hydrogens is 383 g/mol. The zero-order chi connectivity index (χ0) is 20.9. The number of hydrogen-bond acceptors (Lipinski definition) is 3. The summed E-state index contributed by atoms with van der Waals surface area (Å²) in [6.45, 7) is 2.26. The predicted octanol–water partition coefficient (Wildman–Crippen LogP) is 3.75. The van der Waals surface area contributed by atoms with Crippen LogP contribution in [0.25, 0.3) is 0 Å². The van der Waals surface area contributed by atoms with Crippen LogP contribution in [0.15, 0.2) is 54.6 Å². The Hall–Kier alpha value is -2.89. The second kappa shape index (κ2) is 9.28. The van der Waals surface area contributed by atoms with Gasteiger partial charge in [0, 0.05) is 25.7 Å². The van der Waals surface area contributed by atoms with Crippen molar-refractivity contribution in [2.24, 2.45) is 5.92 Å². The fourth-order valence-electron chi connectivity index (χ4n) is 4.60. The summed E-state index contributed by atoms with van der Waals surface area (Å²) in [6, 6.07) is 15.7. The third-order valence-electron chi connectivity index (χ3n) is 6.11. The Bertz CT molecular complexity index is 889. The lowest BCUT2D eigenvalue weighted by Gasteiger charge is -2.47. The van der Waals surface area contributed by atoms with Crippen molar-refractivity contribution in [1.82, 2.24) is 9.80 Å². The van der Waals surface area contributed by atoms with E-state index in [0.29, 0.717) is 32.7 Å². The van der Waals surface area contributed by atoms with Gasteiger partial charge in [0.1, 0.15) is 11.6 Å². The quantitative estimate of drug-likeness (QED) is 0.754. The molecule has 0 aromatic heterocycles. The minimum atomic E-state index is -0.476. The number of carbonyl (C=O) groups is 2. The number of amides is 2. The fraction of sp³-hybridized carbons (Fsp3) is 0.417. The van der Waals surface area contributed by atoms with Crippen LogP contribution >= 0.6 is 0 Å². The maximum Gasteiger partial charge on any atom is 0.257 e. The summed E-state index contributed by atoms with van der Waals surface area (Å²) >= 11 is 0. The average molecular weight is 410 g/mol. The molecule has 0 N–H and O–H groups in total. The first-order chi connectivity index (χ1) is 14.6. The third kappa shape index (κ3) is 4.48. The van der Waals surface area contributed by atoms with Crippen molar-refractivity contribution in [3.63, 3.8) is 0 Å². The van der Waals surface area contributed by atoms with Gasteiger partial charge in [-0.3, -0.25) is 9.59 Å². The van der Waals surface area contributed by atoms with Gasteiger partial charge in [-0.1, -0.05) is 30.3 Å². The molecule has 30 heavy (non-hydrogen) atoms. The zero-order valence-corrected chi connectivity index (χ0v) is 17.0. The van der Waals surface area contributed by atoms with Gasteiger partial charge < -0.3 is 14.5 Å². The summed E-state index contributed by atoms with van der Waals surface area (Å²) in [5.74, 6) is 0.372. The number of rotatable bonds is 5. The van der Waals surface area contributed by atoms with Gasteiger partial charge in [0.25, 0.3) is 5.91 Å². The van der Waals surface area contributed by atoms with Gasteiger partial charge in [-0.2, -0.15) is 0 Å². The van der Waals surface area contributed by atoms with Crippen LogP contribution in [0.1, 0.15) is 36.0 Å². The molecule has 0 saturated carbocycles. The van der Waals surface area contributed by atoms with Gasteiger partial charge in [-0.05, 0) is 49.4 Å². The lowest BCUT2D eigenvalue weighted by atomic mass is 9.83. The first-order valence-electron chi connectivity index (χ1n) is 10.6. The summed E-state index contributed by atoms with van der Waals surface area (Å²) in [4.78, 5) is 29.3. The van der Waals surface area contributed by atoms with Crippen LogP contribution in [-0.2, 0) is 4.79 Å². The zero-order valence-electron chi connectivity index (χ0n) is 17.0. The van der Waals surface area contributed by atoms with Crippen LogP contribution in [0.2, 0.25) is 0 Å². The van der Waals surface area contributed by atoms with Gasteiger partial charge in [-0.25, -0.2) is 4.39 Å². The van der Waals surface area contributed by atoms with Gasteiger partial charge >= 0.3 is 0 Å². The Morgan fingerprint density at radius 3 is 2.57 bits per heavy atom. The van der Waals surface area contributed by atoms with Crippen molar-refractivity contribution in [2.45, 2.75) is 31.7 Å². The molecule has 6 heteroatoms. The summed E-state index contributed by atoms with van der Waals surface area (Å²) < 4.78 is 19.8. The number of ether oxygens (including phenoxy) is 1. The molecule has 2 heterocycles. The summed E-state index contributed by atoms with van der Waals surface area (Å²) in [5, 5.41) is 0. The second-order valence-electron chi connectivity index (χ2n) is 7.99. The largest absolute Gasteiger partial charge is 0.493 e. The highest BCUT2D eigenvalue weighted by molar-refractivity contribution is 5.94. The number of halogens is 1. The molecule has 2 aromatic rings. The molecule has 2 aliphatic rings. The first-order valence-corrected chi connectivity index (χ1v) is 10.6. The molecule has 158 valence electrons.